The average molecular weight is 641 g/mol. The summed E-state index contributed by atoms with van der Waals surface area (Å²) in [7, 11) is 0. The SMILES string of the molecule is C=C/C=C(\C)[C@]1(Cn2nccn2)OC[C@@H](COc2ccc(N3CCN(c4ccc(-n5c(C)nn(C(C)CC)c5=O)cc4)CC3)cc2)O1. The summed E-state index contributed by atoms with van der Waals surface area (Å²) in [6.45, 7) is 16.4. The van der Waals surface area contributed by atoms with Crippen LogP contribution in [0.3, 0.4) is 0 Å². The van der Waals surface area contributed by atoms with Gasteiger partial charge in [0.25, 0.3) is 0 Å². The molecule has 4 aromatic rings. The lowest BCUT2D eigenvalue weighted by Crippen LogP contribution is -2.46. The van der Waals surface area contributed by atoms with Crippen LogP contribution in [-0.2, 0) is 16.0 Å². The van der Waals surface area contributed by atoms with E-state index in [1.54, 1.807) is 32.5 Å². The number of aromatic nitrogens is 6. The van der Waals surface area contributed by atoms with Gasteiger partial charge in [-0.15, -0.1) is 0 Å². The Balaban J connectivity index is 1.01. The third-order valence-electron chi connectivity index (χ3n) is 9.01. The Labute approximate surface area is 275 Å². The van der Waals surface area contributed by atoms with Crippen molar-refractivity contribution in [3.05, 3.63) is 102 Å². The molecule has 2 aliphatic rings. The molecule has 2 fully saturated rings. The van der Waals surface area contributed by atoms with Crippen LogP contribution in [0.2, 0.25) is 0 Å². The summed E-state index contributed by atoms with van der Waals surface area (Å²) in [6.07, 6.45) is 7.49. The zero-order valence-corrected chi connectivity index (χ0v) is 27.7. The molecule has 1 unspecified atom stereocenters. The number of hydrogen-bond donors (Lipinski definition) is 0. The van der Waals surface area contributed by atoms with Gasteiger partial charge in [-0.1, -0.05) is 25.7 Å². The highest BCUT2D eigenvalue weighted by molar-refractivity contribution is 5.55. The molecule has 0 spiro atoms. The van der Waals surface area contributed by atoms with Crippen molar-refractivity contribution in [2.45, 2.75) is 58.6 Å². The van der Waals surface area contributed by atoms with E-state index in [1.165, 1.54) is 0 Å². The minimum absolute atomic E-state index is 0.0658. The van der Waals surface area contributed by atoms with E-state index in [9.17, 15) is 4.79 Å². The normalized spacial score (nSPS) is 20.9. The molecule has 0 amide bonds. The van der Waals surface area contributed by atoms with Gasteiger partial charge < -0.3 is 24.0 Å². The van der Waals surface area contributed by atoms with Crippen molar-refractivity contribution in [2.24, 2.45) is 0 Å². The molecular weight excluding hydrogens is 596 g/mol. The van der Waals surface area contributed by atoms with Crippen molar-refractivity contribution in [3.8, 4) is 11.4 Å². The third kappa shape index (κ3) is 6.89. The van der Waals surface area contributed by atoms with Gasteiger partial charge in [-0.3, -0.25) is 0 Å². The van der Waals surface area contributed by atoms with Crippen molar-refractivity contribution in [2.75, 3.05) is 49.2 Å². The molecule has 47 heavy (non-hydrogen) atoms. The Morgan fingerprint density at radius 3 is 2.21 bits per heavy atom. The molecule has 2 aliphatic heterocycles. The first-order valence-corrected chi connectivity index (χ1v) is 16.3. The second-order valence-electron chi connectivity index (χ2n) is 12.1. The molecular formula is C35H44N8O4. The van der Waals surface area contributed by atoms with Crippen LogP contribution in [0.5, 0.6) is 5.75 Å². The van der Waals surface area contributed by atoms with Gasteiger partial charge in [0.15, 0.2) is 0 Å². The van der Waals surface area contributed by atoms with Gasteiger partial charge in [-0.05, 0) is 81.3 Å². The van der Waals surface area contributed by atoms with Gasteiger partial charge in [0.2, 0.25) is 5.79 Å². The Kier molecular flexibility index (Phi) is 9.60. The molecule has 0 N–H and O–H groups in total. The van der Waals surface area contributed by atoms with E-state index in [0.29, 0.717) is 25.6 Å². The molecule has 2 aromatic carbocycles. The number of piperazine rings is 1. The standard InChI is InChI=1S/C35H44N8O4/c1-6-8-26(3)35(25-41-36-17-18-37-41)46-24-33(47-35)23-45-32-15-13-30(14-16-32)40-21-19-39(20-22-40)29-9-11-31(12-10-29)42-28(5)38-43(34(42)44)27(4)7-2/h6,8-18,27,33H,1,7,19-25H2,2-5H3/b26-8+/t27?,33-,35-/m1/s1. The molecule has 3 atom stereocenters. The van der Waals surface area contributed by atoms with Gasteiger partial charge in [-0.2, -0.15) is 20.1 Å². The van der Waals surface area contributed by atoms with E-state index in [0.717, 1.165) is 61.0 Å². The fourth-order valence-electron chi connectivity index (χ4n) is 6.10. The van der Waals surface area contributed by atoms with Crippen LogP contribution in [0.25, 0.3) is 5.69 Å². The Morgan fingerprint density at radius 1 is 1.02 bits per heavy atom. The van der Waals surface area contributed by atoms with Crippen molar-refractivity contribution in [3.63, 3.8) is 0 Å². The largest absolute Gasteiger partial charge is 0.491 e. The zero-order valence-electron chi connectivity index (χ0n) is 27.7. The van der Waals surface area contributed by atoms with Gasteiger partial charge in [0.1, 0.15) is 30.8 Å². The number of hydrogen-bond acceptors (Lipinski definition) is 9. The molecule has 0 radical (unpaired) electrons. The predicted molar refractivity (Wildman–Crippen MR) is 181 cm³/mol. The molecule has 2 aromatic heterocycles. The molecule has 4 heterocycles. The van der Waals surface area contributed by atoms with Crippen LogP contribution in [0.15, 0.2) is 90.0 Å². The van der Waals surface area contributed by atoms with E-state index < -0.39 is 5.79 Å². The summed E-state index contributed by atoms with van der Waals surface area (Å²) in [4.78, 5) is 19.3. The van der Waals surface area contributed by atoms with E-state index in [1.807, 2.05) is 51.1 Å². The number of benzene rings is 2. The smallest absolute Gasteiger partial charge is 0.350 e. The fourth-order valence-corrected chi connectivity index (χ4v) is 6.10. The first-order chi connectivity index (χ1) is 22.8. The fraction of sp³-hybridized carbons (Fsp3) is 0.429. The number of nitrogens with zero attached hydrogens (tertiary/aromatic N) is 8. The average Bonchev–Trinajstić information content (AvgIpc) is 3.84. The highest BCUT2D eigenvalue weighted by atomic mass is 16.8. The Morgan fingerprint density at radius 2 is 1.62 bits per heavy atom. The second kappa shape index (κ2) is 14.0. The van der Waals surface area contributed by atoms with E-state index in [2.05, 4.69) is 62.9 Å². The second-order valence-corrected chi connectivity index (χ2v) is 12.1. The summed E-state index contributed by atoms with van der Waals surface area (Å²) in [5.74, 6) is 0.511. The maximum absolute atomic E-state index is 13.0. The Bertz CT molecular complexity index is 1720. The highest BCUT2D eigenvalue weighted by Gasteiger charge is 2.44. The maximum atomic E-state index is 13.0. The summed E-state index contributed by atoms with van der Waals surface area (Å²) in [5, 5.41) is 12.9. The summed E-state index contributed by atoms with van der Waals surface area (Å²) in [6, 6.07) is 16.5. The van der Waals surface area contributed by atoms with Crippen LogP contribution in [-0.4, -0.2) is 80.6 Å². The summed E-state index contributed by atoms with van der Waals surface area (Å²) in [5.41, 5.74) is 3.95. The van der Waals surface area contributed by atoms with Gasteiger partial charge in [0, 0.05) is 37.6 Å². The molecule has 12 nitrogen and oxygen atoms in total. The quantitative estimate of drug-likeness (QED) is 0.206. The predicted octanol–water partition coefficient (Wildman–Crippen LogP) is 4.55. The third-order valence-corrected chi connectivity index (χ3v) is 9.01. The monoisotopic (exact) mass is 640 g/mol. The zero-order chi connectivity index (χ0) is 33.0. The van der Waals surface area contributed by atoms with Crippen LogP contribution < -0.4 is 20.2 Å². The number of allylic oxidation sites excluding steroid dienone is 2. The van der Waals surface area contributed by atoms with Crippen molar-refractivity contribution in [1.29, 1.82) is 0 Å². The van der Waals surface area contributed by atoms with Crippen LogP contribution in [0.1, 0.15) is 39.1 Å². The van der Waals surface area contributed by atoms with E-state index in [4.69, 9.17) is 14.2 Å². The van der Waals surface area contributed by atoms with Gasteiger partial charge in [0.05, 0.1) is 30.7 Å². The van der Waals surface area contributed by atoms with Gasteiger partial charge in [-0.25, -0.2) is 14.0 Å². The molecule has 0 bridgehead atoms. The first-order valence-electron chi connectivity index (χ1n) is 16.3. The summed E-state index contributed by atoms with van der Waals surface area (Å²) >= 11 is 0. The molecule has 12 heteroatoms. The molecule has 0 saturated carbocycles. The maximum Gasteiger partial charge on any atom is 0.350 e. The van der Waals surface area contributed by atoms with Crippen molar-refractivity contribution in [1.82, 2.24) is 29.3 Å². The number of ether oxygens (including phenoxy) is 3. The van der Waals surface area contributed by atoms with Crippen LogP contribution >= 0.6 is 0 Å². The lowest BCUT2D eigenvalue weighted by atomic mass is 10.1. The molecule has 248 valence electrons. The summed E-state index contributed by atoms with van der Waals surface area (Å²) < 4.78 is 21.9. The lowest BCUT2D eigenvalue weighted by molar-refractivity contribution is -0.154. The van der Waals surface area contributed by atoms with Crippen molar-refractivity contribution >= 4 is 11.4 Å². The van der Waals surface area contributed by atoms with Crippen LogP contribution in [0.4, 0.5) is 11.4 Å². The molecule has 2 saturated heterocycles. The molecule has 0 aliphatic carbocycles. The van der Waals surface area contributed by atoms with E-state index >= 15 is 0 Å². The Hall–Kier alpha value is -4.68. The first kappa shape index (κ1) is 32.3. The minimum Gasteiger partial charge on any atom is -0.491 e. The molecule has 6 rings (SSSR count). The number of aryl methyl sites for hydroxylation is 1. The van der Waals surface area contributed by atoms with Gasteiger partial charge >= 0.3 is 5.69 Å². The lowest BCUT2D eigenvalue weighted by Gasteiger charge is -2.37. The number of rotatable bonds is 12. The van der Waals surface area contributed by atoms with Crippen molar-refractivity contribution < 1.29 is 14.2 Å². The number of anilines is 2. The topological polar surface area (TPSA) is 105 Å². The highest BCUT2D eigenvalue weighted by Crippen LogP contribution is 2.33. The van der Waals surface area contributed by atoms with Crippen LogP contribution in [0, 0.1) is 6.92 Å². The minimum atomic E-state index is -0.967. The van der Waals surface area contributed by atoms with E-state index in [-0.39, 0.29) is 17.8 Å².